The summed E-state index contributed by atoms with van der Waals surface area (Å²) < 4.78 is 0. The molecule has 170 valence electrons. The SMILES string of the molecule is NC(N)=NCCC[C@@H](NC(=O)[C@H]1CCCN1C(=O)[C@H](N)Cc1ccccc1)C(=O)CCl. The van der Waals surface area contributed by atoms with Gasteiger partial charge < -0.3 is 27.4 Å². The molecular formula is C21H31ClN6O3. The van der Waals surface area contributed by atoms with Gasteiger partial charge >= 0.3 is 0 Å². The lowest BCUT2D eigenvalue weighted by Gasteiger charge is -2.28. The average Bonchev–Trinajstić information content (AvgIpc) is 3.25. The molecule has 1 aliphatic rings. The van der Waals surface area contributed by atoms with Crippen molar-refractivity contribution in [2.45, 2.75) is 50.2 Å². The maximum atomic E-state index is 12.9. The Bertz CT molecular complexity index is 785. The molecule has 1 aliphatic heterocycles. The van der Waals surface area contributed by atoms with Gasteiger partial charge in [0.25, 0.3) is 0 Å². The van der Waals surface area contributed by atoms with Gasteiger partial charge in [0.05, 0.1) is 18.0 Å². The number of hydrogen-bond acceptors (Lipinski definition) is 5. The van der Waals surface area contributed by atoms with Crippen LogP contribution < -0.4 is 22.5 Å². The van der Waals surface area contributed by atoms with E-state index in [-0.39, 0.29) is 29.4 Å². The zero-order valence-corrected chi connectivity index (χ0v) is 18.3. The highest BCUT2D eigenvalue weighted by Crippen LogP contribution is 2.20. The Labute approximate surface area is 187 Å². The van der Waals surface area contributed by atoms with Gasteiger partial charge in [-0.05, 0) is 37.7 Å². The molecule has 1 aromatic carbocycles. The predicted octanol–water partition coefficient (Wildman–Crippen LogP) is -0.106. The number of alkyl halides is 1. The lowest BCUT2D eigenvalue weighted by molar-refractivity contribution is -0.140. The summed E-state index contributed by atoms with van der Waals surface area (Å²) in [6, 6.07) is 7.34. The van der Waals surface area contributed by atoms with Crippen molar-refractivity contribution in [2.75, 3.05) is 19.0 Å². The second-order valence-corrected chi connectivity index (χ2v) is 7.86. The van der Waals surface area contributed by atoms with Crippen molar-refractivity contribution in [3.63, 3.8) is 0 Å². The summed E-state index contributed by atoms with van der Waals surface area (Å²) in [6.45, 7) is 0.796. The van der Waals surface area contributed by atoms with Crippen molar-refractivity contribution >= 4 is 35.2 Å². The number of aliphatic imine (C=N–C) groups is 1. The standard InChI is InChI=1S/C21H31ClN6O3/c22-13-18(29)16(8-4-10-26-21(24)25)27-19(30)17-9-5-11-28(17)20(31)15(23)12-14-6-2-1-3-7-14/h1-3,6-7,15-17H,4-5,8-13,23H2,(H,27,30)(H4,24,25,26)/t15-,16-,17-/m1/s1. The highest BCUT2D eigenvalue weighted by atomic mass is 35.5. The van der Waals surface area contributed by atoms with Crippen LogP contribution in [0, 0.1) is 0 Å². The average molecular weight is 451 g/mol. The number of benzene rings is 1. The van der Waals surface area contributed by atoms with E-state index in [1.165, 1.54) is 4.90 Å². The van der Waals surface area contributed by atoms with Gasteiger partial charge in [-0.2, -0.15) is 0 Å². The van der Waals surface area contributed by atoms with Crippen molar-refractivity contribution in [3.8, 4) is 0 Å². The molecule has 0 aliphatic carbocycles. The van der Waals surface area contributed by atoms with Gasteiger partial charge in [0.1, 0.15) is 6.04 Å². The number of amides is 2. The van der Waals surface area contributed by atoms with E-state index < -0.39 is 18.1 Å². The Morgan fingerprint density at radius 3 is 2.58 bits per heavy atom. The summed E-state index contributed by atoms with van der Waals surface area (Å²) in [6.07, 6.45) is 2.46. The molecule has 0 unspecified atom stereocenters. The molecule has 0 saturated carbocycles. The zero-order valence-electron chi connectivity index (χ0n) is 17.5. The van der Waals surface area contributed by atoms with Crippen molar-refractivity contribution in [1.29, 1.82) is 0 Å². The van der Waals surface area contributed by atoms with Crippen LogP contribution in [0.2, 0.25) is 0 Å². The van der Waals surface area contributed by atoms with E-state index in [9.17, 15) is 14.4 Å². The van der Waals surface area contributed by atoms with Gasteiger partial charge in [0.2, 0.25) is 11.8 Å². The summed E-state index contributed by atoms with van der Waals surface area (Å²) >= 11 is 5.70. The number of carbonyl (C=O) groups is 3. The van der Waals surface area contributed by atoms with Crippen LogP contribution in [-0.2, 0) is 20.8 Å². The molecule has 31 heavy (non-hydrogen) atoms. The fourth-order valence-corrected chi connectivity index (χ4v) is 3.84. The van der Waals surface area contributed by atoms with Crippen molar-refractivity contribution in [3.05, 3.63) is 35.9 Å². The third kappa shape index (κ3) is 7.52. The number of guanidine groups is 1. The monoisotopic (exact) mass is 450 g/mol. The molecule has 0 bridgehead atoms. The molecule has 3 atom stereocenters. The normalized spacial score (nSPS) is 17.6. The Balaban J connectivity index is 1.98. The fourth-order valence-electron chi connectivity index (χ4n) is 3.65. The maximum Gasteiger partial charge on any atom is 0.243 e. The number of ketones is 1. The Hall–Kier alpha value is -2.65. The molecule has 10 heteroatoms. The number of carbonyl (C=O) groups excluding carboxylic acids is 3. The van der Waals surface area contributed by atoms with Gasteiger partial charge in [0, 0.05) is 13.1 Å². The second-order valence-electron chi connectivity index (χ2n) is 7.60. The molecule has 1 fully saturated rings. The van der Waals surface area contributed by atoms with E-state index in [1.807, 2.05) is 30.3 Å². The predicted molar refractivity (Wildman–Crippen MR) is 120 cm³/mol. The molecule has 1 heterocycles. The van der Waals surface area contributed by atoms with Crippen LogP contribution in [0.3, 0.4) is 0 Å². The first-order valence-corrected chi connectivity index (χ1v) is 10.9. The van der Waals surface area contributed by atoms with Crippen LogP contribution in [0.1, 0.15) is 31.2 Å². The van der Waals surface area contributed by atoms with Crippen LogP contribution in [0.4, 0.5) is 0 Å². The van der Waals surface area contributed by atoms with Crippen LogP contribution in [0.5, 0.6) is 0 Å². The van der Waals surface area contributed by atoms with Gasteiger partial charge in [-0.15, -0.1) is 11.6 Å². The number of nitrogens with one attached hydrogen (secondary N) is 1. The van der Waals surface area contributed by atoms with Crippen molar-refractivity contribution in [1.82, 2.24) is 10.2 Å². The van der Waals surface area contributed by atoms with Crippen molar-refractivity contribution in [2.24, 2.45) is 22.2 Å². The summed E-state index contributed by atoms with van der Waals surface area (Å²) in [7, 11) is 0. The van der Waals surface area contributed by atoms with E-state index in [0.717, 1.165) is 5.56 Å². The molecule has 2 amide bonds. The van der Waals surface area contributed by atoms with Crippen LogP contribution in [0.25, 0.3) is 0 Å². The number of likely N-dealkylation sites (tertiary alicyclic amines) is 1. The largest absolute Gasteiger partial charge is 0.370 e. The first-order valence-electron chi connectivity index (χ1n) is 10.4. The third-order valence-electron chi connectivity index (χ3n) is 5.24. The van der Waals surface area contributed by atoms with Gasteiger partial charge in [0.15, 0.2) is 11.7 Å². The quantitative estimate of drug-likeness (QED) is 0.159. The topological polar surface area (TPSA) is 157 Å². The molecule has 1 saturated heterocycles. The maximum absolute atomic E-state index is 12.9. The lowest BCUT2D eigenvalue weighted by atomic mass is 10.0. The van der Waals surface area contributed by atoms with Crippen molar-refractivity contribution < 1.29 is 14.4 Å². The highest BCUT2D eigenvalue weighted by molar-refractivity contribution is 6.28. The first kappa shape index (κ1) is 24.6. The third-order valence-corrected chi connectivity index (χ3v) is 5.50. The molecule has 0 spiro atoms. The number of rotatable bonds is 11. The summed E-state index contributed by atoms with van der Waals surface area (Å²) in [5, 5.41) is 2.75. The second kappa shape index (κ2) is 12.3. The first-order chi connectivity index (χ1) is 14.8. The van der Waals surface area contributed by atoms with Crippen LogP contribution in [-0.4, -0.2) is 65.6 Å². The number of nitrogens with zero attached hydrogens (tertiary/aromatic N) is 2. The van der Waals surface area contributed by atoms with E-state index in [1.54, 1.807) is 0 Å². The minimum absolute atomic E-state index is 0.0313. The molecule has 0 aromatic heterocycles. The number of halogens is 1. The molecule has 9 nitrogen and oxygen atoms in total. The molecular weight excluding hydrogens is 420 g/mol. The molecule has 0 radical (unpaired) electrons. The van der Waals surface area contributed by atoms with E-state index in [0.29, 0.717) is 45.2 Å². The lowest BCUT2D eigenvalue weighted by Crippen LogP contribution is -2.54. The summed E-state index contributed by atoms with van der Waals surface area (Å²) in [5.74, 6) is -1.19. The number of nitrogens with two attached hydrogens (primary N) is 3. The van der Waals surface area contributed by atoms with Crippen LogP contribution in [0.15, 0.2) is 35.3 Å². The van der Waals surface area contributed by atoms with Gasteiger partial charge in [-0.1, -0.05) is 30.3 Å². The minimum Gasteiger partial charge on any atom is -0.370 e. The van der Waals surface area contributed by atoms with E-state index in [4.69, 9.17) is 28.8 Å². The zero-order chi connectivity index (χ0) is 22.8. The molecule has 1 aromatic rings. The summed E-state index contributed by atoms with van der Waals surface area (Å²) in [5.41, 5.74) is 17.7. The van der Waals surface area contributed by atoms with Gasteiger partial charge in [-0.25, -0.2) is 0 Å². The van der Waals surface area contributed by atoms with Gasteiger partial charge in [-0.3, -0.25) is 19.4 Å². The summed E-state index contributed by atoms with van der Waals surface area (Å²) in [4.78, 5) is 43.4. The molecule has 7 N–H and O–H groups in total. The Morgan fingerprint density at radius 2 is 1.94 bits per heavy atom. The smallest absolute Gasteiger partial charge is 0.243 e. The Kier molecular flexibility index (Phi) is 9.74. The fraction of sp³-hybridized carbons (Fsp3) is 0.524. The molecule has 2 rings (SSSR count). The van der Waals surface area contributed by atoms with Crippen LogP contribution >= 0.6 is 11.6 Å². The van der Waals surface area contributed by atoms with E-state index in [2.05, 4.69) is 10.3 Å². The number of Topliss-reactive ketones (excluding diaryl/α,β-unsaturated/α-hetero) is 1. The van der Waals surface area contributed by atoms with E-state index >= 15 is 0 Å². The minimum atomic E-state index is -0.755. The number of hydrogen-bond donors (Lipinski definition) is 4. The highest BCUT2D eigenvalue weighted by Gasteiger charge is 2.37. The Morgan fingerprint density at radius 1 is 1.23 bits per heavy atom.